The third-order valence-electron chi connectivity index (χ3n) is 3.26. The van der Waals surface area contributed by atoms with Crippen LogP contribution in [-0.4, -0.2) is 22.1 Å². The minimum absolute atomic E-state index is 0.233. The minimum Gasteiger partial charge on any atom is -0.494 e. The van der Waals surface area contributed by atoms with E-state index in [9.17, 15) is 9.59 Å². The van der Waals surface area contributed by atoms with Crippen LogP contribution in [0.2, 0.25) is 0 Å². The summed E-state index contributed by atoms with van der Waals surface area (Å²) in [7, 11) is 1.63. The van der Waals surface area contributed by atoms with E-state index in [1.807, 2.05) is 25.1 Å². The van der Waals surface area contributed by atoms with Crippen molar-refractivity contribution in [3.05, 3.63) is 52.4 Å². The lowest BCUT2D eigenvalue weighted by molar-refractivity contribution is 0.102. The summed E-state index contributed by atoms with van der Waals surface area (Å²) < 4.78 is 7.79. The van der Waals surface area contributed by atoms with Crippen molar-refractivity contribution in [3.8, 4) is 5.75 Å². The molecule has 0 fully saturated rings. The summed E-state index contributed by atoms with van der Waals surface area (Å²) in [6.07, 6.45) is 1.56. The van der Waals surface area contributed by atoms with Crippen molar-refractivity contribution in [2.24, 2.45) is 7.05 Å². The van der Waals surface area contributed by atoms with Crippen molar-refractivity contribution in [1.29, 1.82) is 0 Å². The van der Waals surface area contributed by atoms with E-state index >= 15 is 0 Å². The number of pyridine rings is 1. The first-order valence-electron chi connectivity index (χ1n) is 7.08. The van der Waals surface area contributed by atoms with E-state index in [2.05, 4.69) is 10.3 Å². The molecule has 1 amide bonds. The van der Waals surface area contributed by atoms with E-state index in [1.165, 1.54) is 22.0 Å². The van der Waals surface area contributed by atoms with Gasteiger partial charge in [-0.25, -0.2) is 4.98 Å². The number of fused-ring (bicyclic) bond motifs is 1. The molecule has 0 aliphatic rings. The molecule has 0 aliphatic carbocycles. The molecule has 0 bridgehead atoms. The third kappa shape index (κ3) is 3.24. The normalized spacial score (nSPS) is 10.7. The van der Waals surface area contributed by atoms with E-state index in [0.29, 0.717) is 17.3 Å². The Morgan fingerprint density at radius 2 is 2.17 bits per heavy atom. The number of aryl methyl sites for hydroxylation is 1. The Labute approximate surface area is 136 Å². The first-order chi connectivity index (χ1) is 11.1. The molecule has 0 radical (unpaired) electrons. The average Bonchev–Trinajstić information content (AvgIpc) is 2.91. The number of thiazole rings is 1. The van der Waals surface area contributed by atoms with Gasteiger partial charge in [-0.3, -0.25) is 14.9 Å². The van der Waals surface area contributed by atoms with Crippen LogP contribution < -0.4 is 15.6 Å². The van der Waals surface area contributed by atoms with Gasteiger partial charge in [0.15, 0.2) is 5.13 Å². The summed E-state index contributed by atoms with van der Waals surface area (Å²) in [5, 5.41) is 3.21. The van der Waals surface area contributed by atoms with E-state index in [0.717, 1.165) is 16.0 Å². The summed E-state index contributed by atoms with van der Waals surface area (Å²) in [6, 6.07) is 8.49. The highest BCUT2D eigenvalue weighted by Gasteiger charge is 2.11. The van der Waals surface area contributed by atoms with Gasteiger partial charge in [0.25, 0.3) is 11.5 Å². The molecule has 1 aromatic carbocycles. The average molecular weight is 329 g/mol. The summed E-state index contributed by atoms with van der Waals surface area (Å²) in [5.41, 5.74) is 0.864. The lowest BCUT2D eigenvalue weighted by Crippen LogP contribution is -2.19. The topological polar surface area (TPSA) is 73.2 Å². The maximum atomic E-state index is 12.2. The SMILES string of the molecule is CCOc1ccc2nc(NC(=O)c3ccn(C)c(=O)c3)sc2c1. The fourth-order valence-corrected chi connectivity index (χ4v) is 2.96. The number of ether oxygens (including phenoxy) is 1. The zero-order valence-corrected chi connectivity index (χ0v) is 13.5. The van der Waals surface area contributed by atoms with Crippen molar-refractivity contribution in [2.45, 2.75) is 6.92 Å². The van der Waals surface area contributed by atoms with E-state index in [1.54, 1.807) is 19.3 Å². The Kier molecular flexibility index (Phi) is 4.12. The van der Waals surface area contributed by atoms with E-state index < -0.39 is 0 Å². The number of anilines is 1. The van der Waals surface area contributed by atoms with Crippen molar-refractivity contribution in [1.82, 2.24) is 9.55 Å². The zero-order valence-electron chi connectivity index (χ0n) is 12.7. The van der Waals surface area contributed by atoms with Crippen LogP contribution in [0.4, 0.5) is 5.13 Å². The molecule has 0 saturated carbocycles. The van der Waals surface area contributed by atoms with Crippen LogP contribution in [0.5, 0.6) is 5.75 Å². The molecule has 1 N–H and O–H groups in total. The quantitative estimate of drug-likeness (QED) is 0.798. The van der Waals surface area contributed by atoms with Crippen molar-refractivity contribution in [2.75, 3.05) is 11.9 Å². The summed E-state index contributed by atoms with van der Waals surface area (Å²) in [6.45, 7) is 2.52. The number of carbonyl (C=O) groups is 1. The van der Waals surface area contributed by atoms with E-state index in [4.69, 9.17) is 4.74 Å². The highest BCUT2D eigenvalue weighted by molar-refractivity contribution is 7.22. The van der Waals surface area contributed by atoms with Gasteiger partial charge in [0, 0.05) is 24.9 Å². The molecule has 6 nitrogen and oxygen atoms in total. The van der Waals surface area contributed by atoms with Crippen molar-refractivity contribution in [3.63, 3.8) is 0 Å². The van der Waals surface area contributed by atoms with Crippen LogP contribution in [0.15, 0.2) is 41.3 Å². The molecule has 0 unspecified atom stereocenters. The number of carbonyl (C=O) groups excluding carboxylic acids is 1. The molecule has 118 valence electrons. The van der Waals surface area contributed by atoms with Crippen molar-refractivity contribution < 1.29 is 9.53 Å². The van der Waals surface area contributed by atoms with Crippen LogP contribution in [0.1, 0.15) is 17.3 Å². The predicted molar refractivity (Wildman–Crippen MR) is 90.4 cm³/mol. The van der Waals surface area contributed by atoms with Gasteiger partial charge < -0.3 is 9.30 Å². The zero-order chi connectivity index (χ0) is 16.4. The Morgan fingerprint density at radius 3 is 2.91 bits per heavy atom. The number of benzene rings is 1. The maximum absolute atomic E-state index is 12.2. The summed E-state index contributed by atoms with van der Waals surface area (Å²) >= 11 is 1.36. The number of nitrogens with zero attached hydrogens (tertiary/aromatic N) is 2. The van der Waals surface area contributed by atoms with Crippen LogP contribution in [0, 0.1) is 0 Å². The fourth-order valence-electron chi connectivity index (χ4n) is 2.07. The molecule has 2 heterocycles. The predicted octanol–water partition coefficient (Wildman–Crippen LogP) is 2.65. The first kappa shape index (κ1) is 15.2. The van der Waals surface area contributed by atoms with E-state index in [-0.39, 0.29) is 11.5 Å². The van der Waals surface area contributed by atoms with Gasteiger partial charge in [-0.05, 0) is 31.2 Å². The highest BCUT2D eigenvalue weighted by Crippen LogP contribution is 2.29. The Hall–Kier alpha value is -2.67. The van der Waals surface area contributed by atoms with Gasteiger partial charge in [-0.15, -0.1) is 0 Å². The van der Waals surface area contributed by atoms with Crippen molar-refractivity contribution >= 4 is 32.6 Å². The second kappa shape index (κ2) is 6.21. The lowest BCUT2D eigenvalue weighted by Gasteiger charge is -2.02. The number of aromatic nitrogens is 2. The molecule has 0 atom stereocenters. The van der Waals surface area contributed by atoms with Gasteiger partial charge in [-0.1, -0.05) is 11.3 Å². The number of rotatable bonds is 4. The fraction of sp³-hybridized carbons (Fsp3) is 0.188. The van der Waals surface area contributed by atoms with Gasteiger partial charge in [-0.2, -0.15) is 0 Å². The molecule has 0 aliphatic heterocycles. The summed E-state index contributed by atoms with van der Waals surface area (Å²) in [4.78, 5) is 28.2. The molecule has 3 rings (SSSR count). The Bertz CT molecular complexity index is 930. The molecule has 23 heavy (non-hydrogen) atoms. The number of nitrogens with one attached hydrogen (secondary N) is 1. The third-order valence-corrected chi connectivity index (χ3v) is 4.19. The Balaban J connectivity index is 1.84. The second-order valence-electron chi connectivity index (χ2n) is 4.90. The Morgan fingerprint density at radius 1 is 1.35 bits per heavy atom. The molecule has 0 saturated heterocycles. The van der Waals surface area contributed by atoms with Gasteiger partial charge in [0.05, 0.1) is 16.8 Å². The maximum Gasteiger partial charge on any atom is 0.257 e. The molecule has 2 aromatic heterocycles. The van der Waals surface area contributed by atoms with Crippen LogP contribution in [0.25, 0.3) is 10.2 Å². The molecular weight excluding hydrogens is 314 g/mol. The summed E-state index contributed by atoms with van der Waals surface area (Å²) in [5.74, 6) is 0.417. The first-order valence-corrected chi connectivity index (χ1v) is 7.90. The largest absolute Gasteiger partial charge is 0.494 e. The van der Waals surface area contributed by atoms with Crippen LogP contribution in [-0.2, 0) is 7.05 Å². The molecular formula is C16H15N3O3S. The highest BCUT2D eigenvalue weighted by atomic mass is 32.1. The number of hydrogen-bond donors (Lipinski definition) is 1. The minimum atomic E-state index is -0.355. The number of amides is 1. The molecule has 3 aromatic rings. The lowest BCUT2D eigenvalue weighted by atomic mass is 10.2. The smallest absolute Gasteiger partial charge is 0.257 e. The van der Waals surface area contributed by atoms with Gasteiger partial charge >= 0.3 is 0 Å². The van der Waals surface area contributed by atoms with Gasteiger partial charge in [0.2, 0.25) is 0 Å². The molecule has 0 spiro atoms. The van der Waals surface area contributed by atoms with Crippen LogP contribution >= 0.6 is 11.3 Å². The molecule has 7 heteroatoms. The standard InChI is InChI=1S/C16H15N3O3S/c1-3-22-11-4-5-12-13(9-11)23-16(17-12)18-15(21)10-6-7-19(2)14(20)8-10/h4-9H,3H2,1-2H3,(H,17,18,21). The van der Waals surface area contributed by atoms with Crippen LogP contribution in [0.3, 0.4) is 0 Å². The number of hydrogen-bond acceptors (Lipinski definition) is 5. The van der Waals surface area contributed by atoms with Gasteiger partial charge in [0.1, 0.15) is 5.75 Å². The second-order valence-corrected chi connectivity index (χ2v) is 5.93. The monoisotopic (exact) mass is 329 g/mol.